The van der Waals surface area contributed by atoms with Crippen LogP contribution in [0, 0.1) is 17.0 Å². The maximum Gasteiger partial charge on any atom is 0.269 e. The molecule has 0 saturated carbocycles. The van der Waals surface area contributed by atoms with Crippen molar-refractivity contribution in [1.82, 2.24) is 9.97 Å². The number of fused-ring (bicyclic) bond motifs is 1. The molecule has 0 aliphatic carbocycles. The zero-order valence-corrected chi connectivity index (χ0v) is 16.9. The predicted molar refractivity (Wildman–Crippen MR) is 114 cm³/mol. The van der Waals surface area contributed by atoms with Crippen LogP contribution in [0.3, 0.4) is 0 Å². The SMILES string of the molecule is Cc1ccc(CSc2nc3c(c(=O)[nH]2)C(c2ccc([N+](=O)[O-])cc2)CC(=O)N3)cc1. The lowest BCUT2D eigenvalue weighted by molar-refractivity contribution is -0.384. The van der Waals surface area contributed by atoms with Crippen LogP contribution in [0.2, 0.25) is 0 Å². The highest BCUT2D eigenvalue weighted by Gasteiger charge is 2.31. The van der Waals surface area contributed by atoms with Gasteiger partial charge in [0.2, 0.25) is 5.91 Å². The van der Waals surface area contributed by atoms with E-state index >= 15 is 0 Å². The number of nitro benzene ring substituents is 1. The lowest BCUT2D eigenvalue weighted by atomic mass is 9.87. The molecule has 0 fully saturated rings. The summed E-state index contributed by atoms with van der Waals surface area (Å²) in [5.74, 6) is 0.104. The Hall–Kier alpha value is -3.46. The van der Waals surface area contributed by atoms with Crippen molar-refractivity contribution in [2.45, 2.75) is 30.2 Å². The summed E-state index contributed by atoms with van der Waals surface area (Å²) in [5, 5.41) is 14.0. The van der Waals surface area contributed by atoms with Gasteiger partial charge in [-0.2, -0.15) is 0 Å². The number of rotatable bonds is 5. The maximum absolute atomic E-state index is 12.8. The molecule has 1 amide bonds. The number of hydrogen-bond donors (Lipinski definition) is 2. The maximum atomic E-state index is 12.8. The van der Waals surface area contributed by atoms with Gasteiger partial charge in [0, 0.05) is 30.2 Å². The first-order valence-electron chi connectivity index (χ1n) is 9.27. The van der Waals surface area contributed by atoms with Crippen LogP contribution in [-0.4, -0.2) is 20.8 Å². The van der Waals surface area contributed by atoms with Gasteiger partial charge < -0.3 is 10.3 Å². The number of amides is 1. The number of hydrogen-bond acceptors (Lipinski definition) is 6. The van der Waals surface area contributed by atoms with Crippen LogP contribution >= 0.6 is 11.8 Å². The highest BCUT2D eigenvalue weighted by Crippen LogP contribution is 2.35. The first-order valence-corrected chi connectivity index (χ1v) is 10.3. The van der Waals surface area contributed by atoms with E-state index in [1.54, 1.807) is 12.1 Å². The van der Waals surface area contributed by atoms with Crippen LogP contribution in [0.1, 0.15) is 34.6 Å². The van der Waals surface area contributed by atoms with Crippen molar-refractivity contribution in [3.8, 4) is 0 Å². The number of non-ortho nitro benzene ring substituents is 1. The molecule has 2 aromatic carbocycles. The first kappa shape index (κ1) is 19.8. The fourth-order valence-corrected chi connectivity index (χ4v) is 4.18. The van der Waals surface area contributed by atoms with Crippen molar-refractivity contribution in [2.75, 3.05) is 5.32 Å². The van der Waals surface area contributed by atoms with Crippen LogP contribution < -0.4 is 10.9 Å². The molecule has 3 aromatic rings. The highest BCUT2D eigenvalue weighted by molar-refractivity contribution is 7.98. The molecule has 152 valence electrons. The fraction of sp³-hybridized carbons (Fsp3) is 0.190. The number of thioether (sulfide) groups is 1. The minimum absolute atomic E-state index is 0.0471. The van der Waals surface area contributed by atoms with Crippen molar-refractivity contribution in [3.63, 3.8) is 0 Å². The third kappa shape index (κ3) is 4.11. The zero-order chi connectivity index (χ0) is 21.3. The molecular weight excluding hydrogens is 404 g/mol. The van der Waals surface area contributed by atoms with E-state index in [2.05, 4.69) is 15.3 Å². The summed E-state index contributed by atoms with van der Waals surface area (Å²) < 4.78 is 0. The molecule has 1 unspecified atom stereocenters. The minimum atomic E-state index is -0.512. The van der Waals surface area contributed by atoms with Gasteiger partial charge in [-0.1, -0.05) is 53.7 Å². The van der Waals surface area contributed by atoms with Crippen LogP contribution in [0.25, 0.3) is 0 Å². The van der Waals surface area contributed by atoms with E-state index in [9.17, 15) is 19.7 Å². The third-order valence-corrected chi connectivity index (χ3v) is 5.88. The Bertz CT molecular complexity index is 1170. The molecule has 0 saturated heterocycles. The van der Waals surface area contributed by atoms with Crippen LogP contribution in [0.4, 0.5) is 11.5 Å². The Balaban J connectivity index is 1.63. The monoisotopic (exact) mass is 422 g/mol. The molecule has 9 heteroatoms. The third-order valence-electron chi connectivity index (χ3n) is 4.93. The number of aromatic amines is 1. The van der Waals surface area contributed by atoms with E-state index < -0.39 is 10.8 Å². The quantitative estimate of drug-likeness (QED) is 0.280. The van der Waals surface area contributed by atoms with E-state index in [1.165, 1.54) is 29.5 Å². The Morgan fingerprint density at radius 1 is 1.13 bits per heavy atom. The van der Waals surface area contributed by atoms with Crippen LogP contribution in [0.15, 0.2) is 58.5 Å². The Labute approximate surface area is 175 Å². The van der Waals surface area contributed by atoms with Crippen molar-refractivity contribution < 1.29 is 9.72 Å². The molecule has 30 heavy (non-hydrogen) atoms. The molecule has 4 rings (SSSR count). The van der Waals surface area contributed by atoms with Gasteiger partial charge in [0.1, 0.15) is 5.82 Å². The number of benzene rings is 2. The summed E-state index contributed by atoms with van der Waals surface area (Å²) in [6.45, 7) is 2.02. The fourth-order valence-electron chi connectivity index (χ4n) is 3.37. The number of aryl methyl sites for hydroxylation is 1. The van der Waals surface area contributed by atoms with E-state index in [4.69, 9.17) is 0 Å². The largest absolute Gasteiger partial charge is 0.310 e. The number of carbonyl (C=O) groups is 1. The molecule has 2 N–H and O–H groups in total. The Kier molecular flexibility index (Phi) is 5.37. The number of aromatic nitrogens is 2. The van der Waals surface area contributed by atoms with Gasteiger partial charge in [-0.05, 0) is 18.1 Å². The second-order valence-electron chi connectivity index (χ2n) is 7.06. The van der Waals surface area contributed by atoms with E-state index in [0.29, 0.717) is 22.0 Å². The number of nitrogens with one attached hydrogen (secondary N) is 2. The zero-order valence-electron chi connectivity index (χ0n) is 16.0. The smallest absolute Gasteiger partial charge is 0.269 e. The average Bonchev–Trinajstić information content (AvgIpc) is 2.72. The van der Waals surface area contributed by atoms with Crippen LogP contribution in [-0.2, 0) is 10.5 Å². The van der Waals surface area contributed by atoms with E-state index in [0.717, 1.165) is 5.56 Å². The number of carbonyl (C=O) groups excluding carboxylic acids is 1. The number of anilines is 1. The molecule has 2 heterocycles. The van der Waals surface area contributed by atoms with E-state index in [1.807, 2.05) is 31.2 Å². The predicted octanol–water partition coefficient (Wildman–Crippen LogP) is 3.75. The Morgan fingerprint density at radius 2 is 1.83 bits per heavy atom. The number of nitro groups is 1. The summed E-state index contributed by atoms with van der Waals surface area (Å²) in [7, 11) is 0. The molecule has 1 aliphatic heterocycles. The van der Waals surface area contributed by atoms with Crippen molar-refractivity contribution in [2.24, 2.45) is 0 Å². The van der Waals surface area contributed by atoms with Gasteiger partial charge >= 0.3 is 0 Å². The highest BCUT2D eigenvalue weighted by atomic mass is 32.2. The van der Waals surface area contributed by atoms with Crippen molar-refractivity contribution in [3.05, 3.63) is 91.3 Å². The molecule has 1 aliphatic rings. The standard InChI is InChI=1S/C21H18N4O4S/c1-12-2-4-13(5-3-12)11-30-21-23-19-18(20(27)24-21)16(10-17(26)22-19)14-6-8-15(9-7-14)25(28)29/h2-9,16H,10-11H2,1H3,(H2,22,23,24,26,27). The minimum Gasteiger partial charge on any atom is -0.310 e. The average molecular weight is 422 g/mol. The van der Waals surface area contributed by atoms with Gasteiger partial charge in [0.25, 0.3) is 11.2 Å². The van der Waals surface area contributed by atoms with Gasteiger partial charge in [-0.15, -0.1) is 0 Å². The molecular formula is C21H18N4O4S. The topological polar surface area (TPSA) is 118 Å². The van der Waals surface area contributed by atoms with Gasteiger partial charge in [0.15, 0.2) is 5.16 Å². The normalized spacial score (nSPS) is 15.4. The lowest BCUT2D eigenvalue weighted by Crippen LogP contribution is -2.31. The molecule has 0 radical (unpaired) electrons. The van der Waals surface area contributed by atoms with Crippen molar-refractivity contribution in [1.29, 1.82) is 0 Å². The molecule has 8 nitrogen and oxygen atoms in total. The van der Waals surface area contributed by atoms with E-state index in [-0.39, 0.29) is 29.4 Å². The second kappa shape index (κ2) is 8.11. The molecule has 0 spiro atoms. The summed E-state index contributed by atoms with van der Waals surface area (Å²) in [5.41, 5.74) is 2.92. The molecule has 0 bridgehead atoms. The van der Waals surface area contributed by atoms with Gasteiger partial charge in [-0.3, -0.25) is 19.7 Å². The number of H-pyrrole nitrogens is 1. The van der Waals surface area contributed by atoms with Crippen molar-refractivity contribution >= 4 is 29.2 Å². The van der Waals surface area contributed by atoms with Gasteiger partial charge in [-0.25, -0.2) is 4.98 Å². The van der Waals surface area contributed by atoms with Gasteiger partial charge in [0.05, 0.1) is 10.5 Å². The number of nitrogens with zero attached hydrogens (tertiary/aromatic N) is 2. The molecule has 1 aromatic heterocycles. The summed E-state index contributed by atoms with van der Waals surface area (Å²) in [4.78, 5) is 42.7. The summed E-state index contributed by atoms with van der Waals surface area (Å²) >= 11 is 1.38. The molecule has 1 atom stereocenters. The second-order valence-corrected chi connectivity index (χ2v) is 8.03. The lowest BCUT2D eigenvalue weighted by Gasteiger charge is -2.24. The summed E-state index contributed by atoms with van der Waals surface area (Å²) in [6.07, 6.45) is 0.0748. The summed E-state index contributed by atoms with van der Waals surface area (Å²) in [6, 6.07) is 14.0. The van der Waals surface area contributed by atoms with Crippen LogP contribution in [0.5, 0.6) is 0 Å². The first-order chi connectivity index (χ1) is 14.4. The Morgan fingerprint density at radius 3 is 2.50 bits per heavy atom.